The highest BCUT2D eigenvalue weighted by molar-refractivity contribution is 5.47. The zero-order chi connectivity index (χ0) is 14.5. The van der Waals surface area contributed by atoms with Crippen molar-refractivity contribution in [3.05, 3.63) is 29.8 Å². The highest BCUT2D eigenvalue weighted by atomic mass is 15.2. The largest absolute Gasteiger partial charge is 0.373 e. The van der Waals surface area contributed by atoms with Gasteiger partial charge in [-0.15, -0.1) is 0 Å². The number of nitrogens with one attached hydrogen (secondary N) is 1. The van der Waals surface area contributed by atoms with Gasteiger partial charge in [0.05, 0.1) is 0 Å². The van der Waals surface area contributed by atoms with E-state index in [2.05, 4.69) is 67.3 Å². The van der Waals surface area contributed by atoms with Gasteiger partial charge in [0.15, 0.2) is 0 Å². The van der Waals surface area contributed by atoms with Crippen molar-refractivity contribution in [1.82, 2.24) is 10.2 Å². The summed E-state index contributed by atoms with van der Waals surface area (Å²) in [5.74, 6) is 0. The molecule has 1 aliphatic rings. The molecular weight excluding hydrogens is 246 g/mol. The quantitative estimate of drug-likeness (QED) is 0.861. The van der Waals surface area contributed by atoms with E-state index >= 15 is 0 Å². The molecule has 0 radical (unpaired) electrons. The number of nitrogens with zero attached hydrogens (tertiary/aromatic N) is 2. The van der Waals surface area contributed by atoms with Crippen molar-refractivity contribution in [3.8, 4) is 0 Å². The fourth-order valence-corrected chi connectivity index (χ4v) is 2.82. The molecule has 1 fully saturated rings. The Morgan fingerprint density at radius 2 is 2.00 bits per heavy atom. The van der Waals surface area contributed by atoms with Gasteiger partial charge in [-0.1, -0.05) is 26.0 Å². The monoisotopic (exact) mass is 275 g/mol. The summed E-state index contributed by atoms with van der Waals surface area (Å²) in [4.78, 5) is 4.86. The minimum atomic E-state index is 0.537. The van der Waals surface area contributed by atoms with Gasteiger partial charge in [0, 0.05) is 37.9 Å². The summed E-state index contributed by atoms with van der Waals surface area (Å²) in [6, 6.07) is 10.2. The van der Waals surface area contributed by atoms with Crippen LogP contribution in [0.15, 0.2) is 24.3 Å². The third-order valence-electron chi connectivity index (χ3n) is 4.25. The molecule has 1 aromatic carbocycles. The predicted octanol–water partition coefficient (Wildman–Crippen LogP) is 2.72. The van der Waals surface area contributed by atoms with Gasteiger partial charge >= 0.3 is 0 Å². The second-order valence-electron chi connectivity index (χ2n) is 6.36. The first kappa shape index (κ1) is 15.3. The van der Waals surface area contributed by atoms with E-state index in [4.69, 9.17) is 0 Å². The molecule has 0 saturated carbocycles. The van der Waals surface area contributed by atoms with E-state index in [9.17, 15) is 0 Å². The highest BCUT2D eigenvalue weighted by Crippen LogP contribution is 2.19. The van der Waals surface area contributed by atoms with Crippen molar-refractivity contribution in [2.75, 3.05) is 32.1 Å². The second kappa shape index (κ2) is 7.09. The van der Waals surface area contributed by atoms with E-state index in [0.29, 0.717) is 12.1 Å². The van der Waals surface area contributed by atoms with E-state index in [1.165, 1.54) is 30.6 Å². The Bertz CT molecular complexity index is 399. The molecule has 112 valence electrons. The van der Waals surface area contributed by atoms with Crippen LogP contribution in [-0.4, -0.2) is 44.2 Å². The molecule has 1 aromatic rings. The van der Waals surface area contributed by atoms with Gasteiger partial charge < -0.3 is 15.1 Å². The molecule has 1 heterocycles. The number of hydrogen-bond acceptors (Lipinski definition) is 3. The van der Waals surface area contributed by atoms with Gasteiger partial charge in [0.1, 0.15) is 0 Å². The van der Waals surface area contributed by atoms with Crippen LogP contribution in [0.3, 0.4) is 0 Å². The van der Waals surface area contributed by atoms with Gasteiger partial charge in [-0.3, -0.25) is 0 Å². The summed E-state index contributed by atoms with van der Waals surface area (Å²) in [6.07, 6.45) is 2.67. The van der Waals surface area contributed by atoms with Crippen LogP contribution >= 0.6 is 0 Å². The molecule has 0 amide bonds. The number of likely N-dealkylation sites (tertiary alicyclic amines) is 1. The van der Waals surface area contributed by atoms with E-state index < -0.39 is 0 Å². The zero-order valence-corrected chi connectivity index (χ0v) is 13.4. The SMILES string of the molecule is CC(C)NCc1ccc(N(C)CC2CCCN2C)cc1. The third-order valence-corrected chi connectivity index (χ3v) is 4.25. The summed E-state index contributed by atoms with van der Waals surface area (Å²) in [5, 5.41) is 3.45. The minimum Gasteiger partial charge on any atom is -0.373 e. The van der Waals surface area contributed by atoms with Crippen molar-refractivity contribution in [3.63, 3.8) is 0 Å². The lowest BCUT2D eigenvalue weighted by Crippen LogP contribution is -2.36. The van der Waals surface area contributed by atoms with Gasteiger partial charge in [0.25, 0.3) is 0 Å². The molecule has 3 heteroatoms. The van der Waals surface area contributed by atoms with Crippen LogP contribution in [0, 0.1) is 0 Å². The van der Waals surface area contributed by atoms with Gasteiger partial charge in [-0.05, 0) is 44.1 Å². The summed E-state index contributed by atoms with van der Waals surface area (Å²) in [5.41, 5.74) is 2.67. The predicted molar refractivity (Wildman–Crippen MR) is 87.3 cm³/mol. The molecule has 3 nitrogen and oxygen atoms in total. The first-order chi connectivity index (χ1) is 9.56. The first-order valence-corrected chi connectivity index (χ1v) is 7.80. The average molecular weight is 275 g/mol. The molecule has 1 aliphatic heterocycles. The van der Waals surface area contributed by atoms with E-state index in [0.717, 1.165) is 13.1 Å². The molecule has 0 aliphatic carbocycles. The average Bonchev–Trinajstić information content (AvgIpc) is 2.82. The van der Waals surface area contributed by atoms with E-state index in [1.807, 2.05) is 0 Å². The number of likely N-dealkylation sites (N-methyl/N-ethyl adjacent to an activating group) is 2. The topological polar surface area (TPSA) is 18.5 Å². The van der Waals surface area contributed by atoms with Crippen LogP contribution in [-0.2, 0) is 6.54 Å². The Kier molecular flexibility index (Phi) is 5.44. The lowest BCUT2D eigenvalue weighted by atomic mass is 10.1. The molecule has 0 spiro atoms. The molecule has 1 N–H and O–H groups in total. The van der Waals surface area contributed by atoms with Crippen LogP contribution in [0.4, 0.5) is 5.69 Å². The van der Waals surface area contributed by atoms with Crippen molar-refractivity contribution in [2.24, 2.45) is 0 Å². The molecular formula is C17H29N3. The summed E-state index contributed by atoms with van der Waals surface area (Å²) >= 11 is 0. The van der Waals surface area contributed by atoms with Crippen LogP contribution < -0.4 is 10.2 Å². The number of anilines is 1. The second-order valence-corrected chi connectivity index (χ2v) is 6.36. The van der Waals surface area contributed by atoms with Gasteiger partial charge in [0.2, 0.25) is 0 Å². The standard InChI is InChI=1S/C17H29N3/c1-14(2)18-12-15-7-9-16(10-8-15)20(4)13-17-6-5-11-19(17)3/h7-10,14,17-18H,5-6,11-13H2,1-4H3. The molecule has 0 bridgehead atoms. The minimum absolute atomic E-state index is 0.537. The third kappa shape index (κ3) is 4.22. The van der Waals surface area contributed by atoms with Crippen LogP contribution in [0.25, 0.3) is 0 Å². The molecule has 20 heavy (non-hydrogen) atoms. The maximum atomic E-state index is 3.45. The fourth-order valence-electron chi connectivity index (χ4n) is 2.82. The Morgan fingerprint density at radius 1 is 1.30 bits per heavy atom. The van der Waals surface area contributed by atoms with Crippen LogP contribution in [0.5, 0.6) is 0 Å². The summed E-state index contributed by atoms with van der Waals surface area (Å²) in [7, 11) is 4.44. The summed E-state index contributed by atoms with van der Waals surface area (Å²) in [6.45, 7) is 7.69. The highest BCUT2D eigenvalue weighted by Gasteiger charge is 2.22. The van der Waals surface area contributed by atoms with E-state index in [1.54, 1.807) is 0 Å². The van der Waals surface area contributed by atoms with Crippen LogP contribution in [0.2, 0.25) is 0 Å². The van der Waals surface area contributed by atoms with Crippen LogP contribution in [0.1, 0.15) is 32.3 Å². The first-order valence-electron chi connectivity index (χ1n) is 7.80. The van der Waals surface area contributed by atoms with Crippen molar-refractivity contribution in [1.29, 1.82) is 0 Å². The molecule has 2 rings (SSSR count). The molecule has 1 unspecified atom stereocenters. The maximum absolute atomic E-state index is 3.45. The normalized spacial score (nSPS) is 19.8. The van der Waals surface area contributed by atoms with Crippen molar-refractivity contribution >= 4 is 5.69 Å². The van der Waals surface area contributed by atoms with E-state index in [-0.39, 0.29) is 0 Å². The zero-order valence-electron chi connectivity index (χ0n) is 13.4. The van der Waals surface area contributed by atoms with Gasteiger partial charge in [-0.25, -0.2) is 0 Å². The number of rotatable bonds is 6. The number of benzene rings is 1. The Morgan fingerprint density at radius 3 is 2.55 bits per heavy atom. The Hall–Kier alpha value is -1.06. The smallest absolute Gasteiger partial charge is 0.0364 e. The Labute approximate surface area is 124 Å². The fraction of sp³-hybridized carbons (Fsp3) is 0.647. The van der Waals surface area contributed by atoms with Crippen molar-refractivity contribution in [2.45, 2.75) is 45.3 Å². The van der Waals surface area contributed by atoms with Gasteiger partial charge in [-0.2, -0.15) is 0 Å². The lowest BCUT2D eigenvalue weighted by molar-refractivity contribution is 0.314. The molecule has 1 saturated heterocycles. The molecule has 1 atom stereocenters. The maximum Gasteiger partial charge on any atom is 0.0364 e. The Balaban J connectivity index is 1.88. The van der Waals surface area contributed by atoms with Crippen molar-refractivity contribution < 1.29 is 0 Å². The number of hydrogen-bond donors (Lipinski definition) is 1. The lowest BCUT2D eigenvalue weighted by Gasteiger charge is -2.27. The molecule has 0 aromatic heterocycles. The summed E-state index contributed by atoms with van der Waals surface area (Å²) < 4.78 is 0.